The van der Waals surface area contributed by atoms with E-state index in [4.69, 9.17) is 4.74 Å². The van der Waals surface area contributed by atoms with Crippen molar-refractivity contribution in [3.8, 4) is 0 Å². The van der Waals surface area contributed by atoms with Gasteiger partial charge in [0.15, 0.2) is 0 Å². The molecule has 6 heteroatoms. The number of carbonyl (C=O) groups is 1. The van der Waals surface area contributed by atoms with Gasteiger partial charge in [0.1, 0.15) is 0 Å². The van der Waals surface area contributed by atoms with Crippen molar-refractivity contribution in [1.82, 2.24) is 19.6 Å². The molecule has 2 unspecified atom stereocenters. The Morgan fingerprint density at radius 1 is 1.22 bits per heavy atom. The quantitative estimate of drug-likeness (QED) is 0.589. The zero-order valence-corrected chi connectivity index (χ0v) is 16.9. The smallest absolute Gasteiger partial charge is 0.222 e. The van der Waals surface area contributed by atoms with Crippen LogP contribution in [0.1, 0.15) is 51.4 Å². The van der Waals surface area contributed by atoms with Crippen molar-refractivity contribution in [2.75, 3.05) is 39.9 Å². The van der Waals surface area contributed by atoms with Gasteiger partial charge in [-0.1, -0.05) is 6.42 Å². The lowest BCUT2D eigenvalue weighted by Crippen LogP contribution is -2.51. The zero-order valence-electron chi connectivity index (χ0n) is 16.9. The standard InChI is InChI=1S/C21H36N4O2/c1-27-17-7-14-24(21(26)10-5-15-25-16-6-11-22-25)18-19-8-4-13-23-12-3-2-9-20(19)23/h6,11,16,19-20H,2-5,7-10,12-15,17-18H2,1H3. The van der Waals surface area contributed by atoms with E-state index in [1.165, 1.54) is 45.2 Å². The lowest BCUT2D eigenvalue weighted by Gasteiger charge is -2.45. The summed E-state index contributed by atoms with van der Waals surface area (Å²) < 4.78 is 7.13. The van der Waals surface area contributed by atoms with Crippen LogP contribution in [0.3, 0.4) is 0 Å². The number of fused-ring (bicyclic) bond motifs is 1. The molecule has 0 spiro atoms. The Bertz CT molecular complexity index is 546. The molecule has 1 aromatic heterocycles. The number of aromatic nitrogens is 2. The van der Waals surface area contributed by atoms with Gasteiger partial charge in [-0.2, -0.15) is 5.10 Å². The number of amides is 1. The van der Waals surface area contributed by atoms with E-state index in [0.29, 0.717) is 24.3 Å². The van der Waals surface area contributed by atoms with Crippen molar-refractivity contribution in [2.45, 2.75) is 64.0 Å². The summed E-state index contributed by atoms with van der Waals surface area (Å²) in [6.07, 6.45) is 12.7. The van der Waals surface area contributed by atoms with Crippen LogP contribution in [0.15, 0.2) is 18.5 Å². The molecule has 1 aromatic rings. The molecule has 3 rings (SSSR count). The predicted octanol–water partition coefficient (Wildman–Crippen LogP) is 2.79. The van der Waals surface area contributed by atoms with Gasteiger partial charge >= 0.3 is 0 Å². The number of nitrogens with zero attached hydrogens (tertiary/aromatic N) is 4. The van der Waals surface area contributed by atoms with Gasteiger partial charge in [0.05, 0.1) is 0 Å². The fraction of sp³-hybridized carbons (Fsp3) is 0.810. The Morgan fingerprint density at radius 2 is 2.11 bits per heavy atom. The van der Waals surface area contributed by atoms with E-state index < -0.39 is 0 Å². The molecule has 2 atom stereocenters. The van der Waals surface area contributed by atoms with Crippen molar-refractivity contribution < 1.29 is 9.53 Å². The molecule has 2 saturated heterocycles. The minimum absolute atomic E-state index is 0.297. The first-order valence-electron chi connectivity index (χ1n) is 10.8. The monoisotopic (exact) mass is 376 g/mol. The lowest BCUT2D eigenvalue weighted by molar-refractivity contribution is -0.133. The minimum atomic E-state index is 0.297. The zero-order chi connectivity index (χ0) is 18.9. The number of rotatable bonds is 10. The van der Waals surface area contributed by atoms with Crippen LogP contribution in [0.4, 0.5) is 0 Å². The number of hydrogen-bond donors (Lipinski definition) is 0. The van der Waals surface area contributed by atoms with E-state index in [0.717, 1.165) is 39.1 Å². The Kier molecular flexibility index (Phi) is 8.14. The summed E-state index contributed by atoms with van der Waals surface area (Å²) in [6.45, 7) is 5.77. The highest BCUT2D eigenvalue weighted by atomic mass is 16.5. The summed E-state index contributed by atoms with van der Waals surface area (Å²) in [5.74, 6) is 0.933. The third-order valence-corrected chi connectivity index (χ3v) is 6.15. The first-order valence-corrected chi connectivity index (χ1v) is 10.8. The lowest BCUT2D eigenvalue weighted by atomic mass is 9.83. The molecule has 152 valence electrons. The van der Waals surface area contributed by atoms with Crippen LogP contribution < -0.4 is 0 Å². The molecule has 2 aliphatic heterocycles. The van der Waals surface area contributed by atoms with Gasteiger partial charge in [-0.05, 0) is 63.6 Å². The summed E-state index contributed by atoms with van der Waals surface area (Å²) in [7, 11) is 1.73. The van der Waals surface area contributed by atoms with Gasteiger partial charge in [0.25, 0.3) is 0 Å². The van der Waals surface area contributed by atoms with E-state index in [1.807, 2.05) is 16.9 Å². The van der Waals surface area contributed by atoms with Gasteiger partial charge in [-0.15, -0.1) is 0 Å². The average molecular weight is 377 g/mol. The molecule has 0 aliphatic carbocycles. The number of carbonyl (C=O) groups excluding carboxylic acids is 1. The van der Waals surface area contributed by atoms with Gasteiger partial charge < -0.3 is 14.5 Å². The van der Waals surface area contributed by atoms with E-state index >= 15 is 0 Å². The maximum atomic E-state index is 12.9. The van der Waals surface area contributed by atoms with Crippen molar-refractivity contribution in [2.24, 2.45) is 5.92 Å². The molecule has 0 aromatic carbocycles. The SMILES string of the molecule is COCCCN(CC1CCCN2CCCCC12)C(=O)CCCn1cccn1. The minimum Gasteiger partial charge on any atom is -0.385 e. The molecular formula is C21H36N4O2. The van der Waals surface area contributed by atoms with Crippen LogP contribution in [-0.2, 0) is 16.1 Å². The Morgan fingerprint density at radius 3 is 2.93 bits per heavy atom. The van der Waals surface area contributed by atoms with Crippen LogP contribution in [0.2, 0.25) is 0 Å². The topological polar surface area (TPSA) is 50.6 Å². The summed E-state index contributed by atoms with van der Waals surface area (Å²) in [5, 5.41) is 4.23. The molecule has 0 saturated carbocycles. The molecule has 3 heterocycles. The second kappa shape index (κ2) is 10.8. The van der Waals surface area contributed by atoms with Gasteiger partial charge in [-0.3, -0.25) is 9.48 Å². The molecule has 1 amide bonds. The van der Waals surface area contributed by atoms with E-state index in [9.17, 15) is 4.79 Å². The molecule has 0 radical (unpaired) electrons. The van der Waals surface area contributed by atoms with Crippen molar-refractivity contribution in [3.05, 3.63) is 18.5 Å². The number of aryl methyl sites for hydroxylation is 1. The fourth-order valence-corrected chi connectivity index (χ4v) is 4.77. The Hall–Kier alpha value is -1.40. The molecule has 27 heavy (non-hydrogen) atoms. The highest BCUT2D eigenvalue weighted by Gasteiger charge is 2.34. The highest BCUT2D eigenvalue weighted by Crippen LogP contribution is 2.31. The van der Waals surface area contributed by atoms with Gasteiger partial charge in [0.2, 0.25) is 5.91 Å². The van der Waals surface area contributed by atoms with Gasteiger partial charge in [0, 0.05) is 58.2 Å². The maximum absolute atomic E-state index is 12.9. The normalized spacial score (nSPS) is 23.1. The number of piperidine rings is 2. The van der Waals surface area contributed by atoms with Crippen molar-refractivity contribution >= 4 is 5.91 Å². The summed E-state index contributed by atoms with van der Waals surface area (Å²) in [5.41, 5.74) is 0. The summed E-state index contributed by atoms with van der Waals surface area (Å²) >= 11 is 0. The van der Waals surface area contributed by atoms with E-state index in [-0.39, 0.29) is 0 Å². The average Bonchev–Trinajstić information content (AvgIpc) is 3.21. The molecule has 6 nitrogen and oxygen atoms in total. The highest BCUT2D eigenvalue weighted by molar-refractivity contribution is 5.76. The van der Waals surface area contributed by atoms with Crippen LogP contribution in [-0.4, -0.2) is 71.4 Å². The number of methoxy groups -OCH3 is 1. The maximum Gasteiger partial charge on any atom is 0.222 e. The van der Waals surface area contributed by atoms with Crippen LogP contribution in [0, 0.1) is 5.92 Å². The summed E-state index contributed by atoms with van der Waals surface area (Å²) in [4.78, 5) is 17.8. The molecule has 2 fully saturated rings. The van der Waals surface area contributed by atoms with Crippen LogP contribution in [0.25, 0.3) is 0 Å². The van der Waals surface area contributed by atoms with Crippen molar-refractivity contribution in [3.63, 3.8) is 0 Å². The predicted molar refractivity (Wildman–Crippen MR) is 106 cm³/mol. The first-order chi connectivity index (χ1) is 13.3. The van der Waals surface area contributed by atoms with E-state index in [1.54, 1.807) is 13.3 Å². The summed E-state index contributed by atoms with van der Waals surface area (Å²) in [6, 6.07) is 2.62. The Labute approximate surface area is 163 Å². The molecule has 0 N–H and O–H groups in total. The third kappa shape index (κ3) is 6.04. The second-order valence-electron chi connectivity index (χ2n) is 8.06. The first kappa shape index (κ1) is 20.3. The number of hydrogen-bond acceptors (Lipinski definition) is 4. The third-order valence-electron chi connectivity index (χ3n) is 6.15. The second-order valence-corrected chi connectivity index (χ2v) is 8.06. The Balaban J connectivity index is 1.53. The van der Waals surface area contributed by atoms with Crippen LogP contribution in [0.5, 0.6) is 0 Å². The molecular weight excluding hydrogens is 340 g/mol. The number of ether oxygens (including phenoxy) is 1. The largest absolute Gasteiger partial charge is 0.385 e. The van der Waals surface area contributed by atoms with Crippen LogP contribution >= 0.6 is 0 Å². The van der Waals surface area contributed by atoms with E-state index in [2.05, 4.69) is 14.9 Å². The molecule has 2 aliphatic rings. The van der Waals surface area contributed by atoms with Gasteiger partial charge in [-0.25, -0.2) is 0 Å². The molecule has 0 bridgehead atoms. The fourth-order valence-electron chi connectivity index (χ4n) is 4.77. The van der Waals surface area contributed by atoms with Crippen molar-refractivity contribution in [1.29, 1.82) is 0 Å².